The smallest absolute Gasteiger partial charge is 0.219 e. The minimum atomic E-state index is 0.112. The normalized spacial score (nSPS) is 10.2. The Balaban J connectivity index is 2.24. The van der Waals surface area contributed by atoms with Gasteiger partial charge >= 0.3 is 0 Å². The monoisotopic (exact) mass is 234 g/mol. The molecular weight excluding hydrogens is 212 g/mol. The van der Waals surface area contributed by atoms with E-state index >= 15 is 0 Å². The summed E-state index contributed by atoms with van der Waals surface area (Å²) in [6.07, 6.45) is 2.54. The molecule has 0 heterocycles. The lowest BCUT2D eigenvalue weighted by Crippen LogP contribution is -2.21. The summed E-state index contributed by atoms with van der Waals surface area (Å²) < 4.78 is 0. The Labute approximate surface area is 104 Å². The molecule has 0 bridgehead atoms. The van der Waals surface area contributed by atoms with Gasteiger partial charge in [0.1, 0.15) is 0 Å². The van der Waals surface area contributed by atoms with Crippen molar-refractivity contribution >= 4 is 5.91 Å². The van der Waals surface area contributed by atoms with Gasteiger partial charge < -0.3 is 10.6 Å². The van der Waals surface area contributed by atoms with Crippen LogP contribution in [0.5, 0.6) is 0 Å². The van der Waals surface area contributed by atoms with E-state index in [2.05, 4.69) is 41.8 Å². The molecule has 2 N–H and O–H groups in total. The Kier molecular flexibility index (Phi) is 6.33. The Hall–Kier alpha value is -1.35. The second kappa shape index (κ2) is 7.85. The van der Waals surface area contributed by atoms with Crippen molar-refractivity contribution in [2.75, 3.05) is 13.6 Å². The zero-order chi connectivity index (χ0) is 12.5. The van der Waals surface area contributed by atoms with Gasteiger partial charge in [-0.3, -0.25) is 4.79 Å². The molecule has 0 unspecified atom stereocenters. The largest absolute Gasteiger partial charge is 0.359 e. The van der Waals surface area contributed by atoms with E-state index in [1.807, 2.05) is 0 Å². The molecule has 1 aromatic carbocycles. The summed E-state index contributed by atoms with van der Waals surface area (Å²) in [4.78, 5) is 11.0. The minimum absolute atomic E-state index is 0.112. The van der Waals surface area contributed by atoms with Crippen molar-refractivity contribution in [3.05, 3.63) is 35.4 Å². The zero-order valence-corrected chi connectivity index (χ0v) is 10.8. The fourth-order valence-corrected chi connectivity index (χ4v) is 1.80. The van der Waals surface area contributed by atoms with Crippen LogP contribution in [0.3, 0.4) is 0 Å². The van der Waals surface area contributed by atoms with Crippen molar-refractivity contribution in [1.82, 2.24) is 10.6 Å². The molecule has 94 valence electrons. The van der Waals surface area contributed by atoms with Crippen LogP contribution < -0.4 is 10.6 Å². The van der Waals surface area contributed by atoms with Crippen LogP contribution in [-0.4, -0.2) is 19.5 Å². The number of rotatable bonds is 7. The molecule has 3 nitrogen and oxygen atoms in total. The summed E-state index contributed by atoms with van der Waals surface area (Å²) in [5, 5.41) is 6.00. The van der Waals surface area contributed by atoms with Gasteiger partial charge in [0.2, 0.25) is 5.91 Å². The Morgan fingerprint density at radius 1 is 1.24 bits per heavy atom. The maximum atomic E-state index is 11.0. The highest BCUT2D eigenvalue weighted by Crippen LogP contribution is 2.08. The van der Waals surface area contributed by atoms with Crippen LogP contribution in [0.25, 0.3) is 0 Å². The van der Waals surface area contributed by atoms with E-state index in [0.29, 0.717) is 6.42 Å². The van der Waals surface area contributed by atoms with Gasteiger partial charge in [0.05, 0.1) is 0 Å². The fourth-order valence-electron chi connectivity index (χ4n) is 1.80. The van der Waals surface area contributed by atoms with Gasteiger partial charge in [-0.1, -0.05) is 31.2 Å². The first-order valence-electron chi connectivity index (χ1n) is 6.26. The summed E-state index contributed by atoms with van der Waals surface area (Å²) in [5.41, 5.74) is 2.75. The number of nitrogens with one attached hydrogen (secondary N) is 2. The Bertz CT molecular complexity index is 350. The maximum Gasteiger partial charge on any atom is 0.219 e. The lowest BCUT2D eigenvalue weighted by molar-refractivity contribution is -0.120. The fraction of sp³-hybridized carbons (Fsp3) is 0.500. The molecule has 0 radical (unpaired) electrons. The van der Waals surface area contributed by atoms with Gasteiger partial charge in [0, 0.05) is 20.0 Å². The van der Waals surface area contributed by atoms with Crippen molar-refractivity contribution < 1.29 is 4.79 Å². The van der Waals surface area contributed by atoms with E-state index in [1.165, 1.54) is 11.1 Å². The van der Waals surface area contributed by atoms with Crippen LogP contribution >= 0.6 is 0 Å². The molecular formula is C14H22N2O. The highest BCUT2D eigenvalue weighted by atomic mass is 16.1. The molecule has 0 atom stereocenters. The van der Waals surface area contributed by atoms with Gasteiger partial charge in [-0.25, -0.2) is 0 Å². The first-order valence-corrected chi connectivity index (χ1v) is 6.26. The van der Waals surface area contributed by atoms with Crippen molar-refractivity contribution in [2.24, 2.45) is 0 Å². The van der Waals surface area contributed by atoms with Crippen LogP contribution in [0.4, 0.5) is 0 Å². The highest BCUT2D eigenvalue weighted by molar-refractivity contribution is 5.75. The topological polar surface area (TPSA) is 41.1 Å². The molecule has 0 saturated carbocycles. The summed E-state index contributed by atoms with van der Waals surface area (Å²) in [6, 6.07) is 8.47. The van der Waals surface area contributed by atoms with E-state index in [4.69, 9.17) is 0 Å². The Morgan fingerprint density at radius 3 is 2.59 bits per heavy atom. The number of carbonyl (C=O) groups excluding carboxylic acids is 1. The molecule has 0 aliphatic carbocycles. The Morgan fingerprint density at radius 2 is 1.94 bits per heavy atom. The third-order valence-electron chi connectivity index (χ3n) is 2.85. The minimum Gasteiger partial charge on any atom is -0.359 e. The summed E-state index contributed by atoms with van der Waals surface area (Å²) in [7, 11) is 1.67. The van der Waals surface area contributed by atoms with E-state index in [9.17, 15) is 4.79 Å². The van der Waals surface area contributed by atoms with E-state index in [0.717, 1.165) is 25.9 Å². The molecule has 0 aromatic heterocycles. The molecule has 1 aromatic rings. The van der Waals surface area contributed by atoms with E-state index in [1.54, 1.807) is 7.05 Å². The summed E-state index contributed by atoms with van der Waals surface area (Å²) >= 11 is 0. The van der Waals surface area contributed by atoms with Gasteiger partial charge in [-0.15, -0.1) is 0 Å². The van der Waals surface area contributed by atoms with Gasteiger partial charge in [-0.2, -0.15) is 0 Å². The van der Waals surface area contributed by atoms with E-state index in [-0.39, 0.29) is 5.91 Å². The molecule has 17 heavy (non-hydrogen) atoms. The van der Waals surface area contributed by atoms with Gasteiger partial charge in [0.15, 0.2) is 0 Å². The number of carbonyl (C=O) groups is 1. The highest BCUT2D eigenvalue weighted by Gasteiger charge is 2.00. The standard InChI is InChI=1S/C14H22N2O/c1-3-12-7-4-5-8-13(12)11-16-10-6-9-14(17)15-2/h4-5,7-8,16H,3,6,9-11H2,1-2H3,(H,15,17). The number of amides is 1. The predicted molar refractivity (Wildman–Crippen MR) is 70.8 cm³/mol. The number of hydrogen-bond acceptors (Lipinski definition) is 2. The zero-order valence-electron chi connectivity index (χ0n) is 10.8. The SMILES string of the molecule is CCc1ccccc1CNCCCC(=O)NC. The van der Waals surface area contributed by atoms with Gasteiger partial charge in [-0.05, 0) is 30.5 Å². The van der Waals surface area contributed by atoms with Crippen LogP contribution in [0.2, 0.25) is 0 Å². The van der Waals surface area contributed by atoms with Crippen molar-refractivity contribution in [3.8, 4) is 0 Å². The third kappa shape index (κ3) is 5.00. The van der Waals surface area contributed by atoms with E-state index < -0.39 is 0 Å². The first kappa shape index (κ1) is 13.7. The number of aryl methyl sites for hydroxylation is 1. The van der Waals surface area contributed by atoms with Crippen LogP contribution in [0.15, 0.2) is 24.3 Å². The molecule has 1 amide bonds. The maximum absolute atomic E-state index is 11.0. The third-order valence-corrected chi connectivity index (χ3v) is 2.85. The molecule has 0 spiro atoms. The molecule has 0 saturated heterocycles. The molecule has 0 aliphatic heterocycles. The average Bonchev–Trinajstić information content (AvgIpc) is 2.38. The van der Waals surface area contributed by atoms with Crippen LogP contribution in [0, 0.1) is 0 Å². The second-order valence-corrected chi connectivity index (χ2v) is 4.08. The quantitative estimate of drug-likeness (QED) is 0.707. The van der Waals surface area contributed by atoms with Crippen molar-refractivity contribution in [3.63, 3.8) is 0 Å². The first-order chi connectivity index (χ1) is 8.27. The molecule has 1 rings (SSSR count). The summed E-state index contributed by atoms with van der Waals surface area (Å²) in [6.45, 7) is 3.94. The van der Waals surface area contributed by atoms with Crippen molar-refractivity contribution in [2.45, 2.75) is 32.7 Å². The average molecular weight is 234 g/mol. The molecule has 0 fully saturated rings. The number of benzene rings is 1. The molecule has 0 aliphatic rings. The van der Waals surface area contributed by atoms with Gasteiger partial charge in [0.25, 0.3) is 0 Å². The van der Waals surface area contributed by atoms with Crippen LogP contribution in [-0.2, 0) is 17.8 Å². The lowest BCUT2D eigenvalue weighted by Gasteiger charge is -2.08. The molecule has 3 heteroatoms. The lowest BCUT2D eigenvalue weighted by atomic mass is 10.1. The van der Waals surface area contributed by atoms with Crippen molar-refractivity contribution in [1.29, 1.82) is 0 Å². The number of hydrogen-bond donors (Lipinski definition) is 2. The summed E-state index contributed by atoms with van der Waals surface area (Å²) in [5.74, 6) is 0.112. The predicted octanol–water partition coefficient (Wildman–Crippen LogP) is 1.86. The second-order valence-electron chi connectivity index (χ2n) is 4.08. The van der Waals surface area contributed by atoms with Crippen LogP contribution in [0.1, 0.15) is 30.9 Å².